The second kappa shape index (κ2) is 7.38. The Bertz CT molecular complexity index is 409. The molecular weight excluding hydrogens is 294 g/mol. The van der Waals surface area contributed by atoms with Gasteiger partial charge in [0.1, 0.15) is 0 Å². The molecule has 1 aromatic carbocycles. The smallest absolute Gasteiger partial charge is 0.239 e. The van der Waals surface area contributed by atoms with Crippen molar-refractivity contribution in [1.29, 1.82) is 0 Å². The third-order valence-corrected chi connectivity index (χ3v) is 3.47. The lowest BCUT2D eigenvalue weighted by Gasteiger charge is -2.25. The quantitative estimate of drug-likeness (QED) is 0.843. The van der Waals surface area contributed by atoms with Crippen LogP contribution in [0, 0.1) is 0 Å². The van der Waals surface area contributed by atoms with E-state index in [2.05, 4.69) is 21.2 Å². The molecule has 0 aromatic heterocycles. The molecule has 0 unspecified atom stereocenters. The maximum atomic E-state index is 11.7. The second-order valence-electron chi connectivity index (χ2n) is 3.91. The number of hydrogen-bond donors (Lipinski definition) is 2. The molecule has 0 saturated carbocycles. The van der Waals surface area contributed by atoms with Gasteiger partial charge in [0.2, 0.25) is 5.91 Å². The molecule has 0 aliphatic carbocycles. The molecule has 0 atom stereocenters. The fourth-order valence-corrected chi connectivity index (χ4v) is 2.36. The van der Waals surface area contributed by atoms with Crippen LogP contribution in [0.4, 0.5) is 5.69 Å². The Morgan fingerprint density at radius 3 is 2.72 bits per heavy atom. The molecule has 1 rings (SSSR count). The van der Waals surface area contributed by atoms with Crippen LogP contribution in [-0.2, 0) is 11.3 Å². The minimum absolute atomic E-state index is 0.0299. The van der Waals surface area contributed by atoms with E-state index in [1.807, 2.05) is 36.9 Å². The number of nitrogens with two attached hydrogens (primary N) is 1. The highest BCUT2D eigenvalue weighted by molar-refractivity contribution is 9.10. The van der Waals surface area contributed by atoms with Crippen LogP contribution in [0.25, 0.3) is 0 Å². The minimum atomic E-state index is 0.0299. The third-order valence-electron chi connectivity index (χ3n) is 2.73. The standard InChI is InChI=1S/C13H20BrN3O/c1-3-16-13(18)9-17(4-2)12-7-5-6-11(14)10(12)8-15/h5-7H,3-4,8-9,15H2,1-2H3,(H,16,18). The second-order valence-corrected chi connectivity index (χ2v) is 4.76. The van der Waals surface area contributed by atoms with Crippen LogP contribution in [-0.4, -0.2) is 25.5 Å². The first-order valence-corrected chi connectivity index (χ1v) is 6.92. The van der Waals surface area contributed by atoms with Crippen molar-refractivity contribution >= 4 is 27.5 Å². The number of carbonyl (C=O) groups excluding carboxylic acids is 1. The van der Waals surface area contributed by atoms with E-state index < -0.39 is 0 Å². The lowest BCUT2D eigenvalue weighted by Crippen LogP contribution is -2.37. The van der Waals surface area contributed by atoms with Gasteiger partial charge in [0.25, 0.3) is 0 Å². The van der Waals surface area contributed by atoms with E-state index in [0.29, 0.717) is 19.6 Å². The predicted octanol–water partition coefficient (Wildman–Crippen LogP) is 1.87. The topological polar surface area (TPSA) is 58.4 Å². The molecule has 0 fully saturated rings. The van der Waals surface area contributed by atoms with Crippen molar-refractivity contribution in [3.63, 3.8) is 0 Å². The van der Waals surface area contributed by atoms with Gasteiger partial charge in [-0.05, 0) is 26.0 Å². The van der Waals surface area contributed by atoms with Gasteiger partial charge in [-0.15, -0.1) is 0 Å². The van der Waals surface area contributed by atoms with Crippen LogP contribution < -0.4 is 16.0 Å². The Kier molecular flexibility index (Phi) is 6.15. The summed E-state index contributed by atoms with van der Waals surface area (Å²) in [5.41, 5.74) is 7.82. The van der Waals surface area contributed by atoms with Gasteiger partial charge in [-0.25, -0.2) is 0 Å². The summed E-state index contributed by atoms with van der Waals surface area (Å²) in [4.78, 5) is 13.7. The van der Waals surface area contributed by atoms with Gasteiger partial charge in [-0.1, -0.05) is 22.0 Å². The van der Waals surface area contributed by atoms with Crippen molar-refractivity contribution in [2.75, 3.05) is 24.5 Å². The number of halogens is 1. The van der Waals surface area contributed by atoms with E-state index in [-0.39, 0.29) is 5.91 Å². The fourth-order valence-electron chi connectivity index (χ4n) is 1.84. The summed E-state index contributed by atoms with van der Waals surface area (Å²) in [5.74, 6) is 0.0299. The first-order chi connectivity index (χ1) is 8.63. The molecule has 0 bridgehead atoms. The summed E-state index contributed by atoms with van der Waals surface area (Å²) in [5, 5.41) is 2.81. The summed E-state index contributed by atoms with van der Waals surface area (Å²) in [6.45, 7) is 6.16. The van der Waals surface area contributed by atoms with Gasteiger partial charge in [0, 0.05) is 35.4 Å². The molecular formula is C13H20BrN3O. The highest BCUT2D eigenvalue weighted by atomic mass is 79.9. The average molecular weight is 314 g/mol. The van der Waals surface area contributed by atoms with Gasteiger partial charge < -0.3 is 16.0 Å². The molecule has 3 N–H and O–H groups in total. The van der Waals surface area contributed by atoms with Crippen LogP contribution in [0.15, 0.2) is 22.7 Å². The largest absolute Gasteiger partial charge is 0.362 e. The Morgan fingerprint density at radius 2 is 2.17 bits per heavy atom. The zero-order valence-electron chi connectivity index (χ0n) is 10.9. The summed E-state index contributed by atoms with van der Waals surface area (Å²) in [7, 11) is 0. The average Bonchev–Trinajstić information content (AvgIpc) is 2.36. The molecule has 100 valence electrons. The molecule has 0 aliphatic rings. The molecule has 1 aromatic rings. The molecule has 0 heterocycles. The summed E-state index contributed by atoms with van der Waals surface area (Å²) >= 11 is 3.49. The van der Waals surface area contributed by atoms with E-state index in [4.69, 9.17) is 5.73 Å². The van der Waals surface area contributed by atoms with Crippen molar-refractivity contribution in [1.82, 2.24) is 5.32 Å². The van der Waals surface area contributed by atoms with Gasteiger partial charge in [-0.2, -0.15) is 0 Å². The monoisotopic (exact) mass is 313 g/mol. The summed E-state index contributed by atoms with van der Waals surface area (Å²) < 4.78 is 0.983. The minimum Gasteiger partial charge on any atom is -0.362 e. The molecule has 0 aliphatic heterocycles. The van der Waals surface area contributed by atoms with Gasteiger partial charge in [0.05, 0.1) is 6.54 Å². The molecule has 18 heavy (non-hydrogen) atoms. The number of nitrogens with one attached hydrogen (secondary N) is 1. The number of rotatable bonds is 6. The van der Waals surface area contributed by atoms with E-state index in [0.717, 1.165) is 22.3 Å². The van der Waals surface area contributed by atoms with Crippen LogP contribution in [0.2, 0.25) is 0 Å². The highest BCUT2D eigenvalue weighted by Gasteiger charge is 2.14. The van der Waals surface area contributed by atoms with E-state index in [9.17, 15) is 4.79 Å². The summed E-state index contributed by atoms with van der Waals surface area (Å²) in [6, 6.07) is 5.92. The Balaban J connectivity index is 2.94. The molecule has 0 radical (unpaired) electrons. The number of amides is 1. The third kappa shape index (κ3) is 3.71. The first-order valence-electron chi connectivity index (χ1n) is 6.13. The van der Waals surface area contributed by atoms with Crippen LogP contribution >= 0.6 is 15.9 Å². The zero-order valence-corrected chi connectivity index (χ0v) is 12.5. The highest BCUT2D eigenvalue weighted by Crippen LogP contribution is 2.27. The molecule has 5 heteroatoms. The number of benzene rings is 1. The molecule has 0 spiro atoms. The SMILES string of the molecule is CCNC(=O)CN(CC)c1cccc(Br)c1CN. The van der Waals surface area contributed by atoms with E-state index >= 15 is 0 Å². The molecule has 4 nitrogen and oxygen atoms in total. The summed E-state index contributed by atoms with van der Waals surface area (Å²) in [6.07, 6.45) is 0. The zero-order chi connectivity index (χ0) is 13.5. The van der Waals surface area contributed by atoms with Gasteiger partial charge in [-0.3, -0.25) is 4.79 Å². The Hall–Kier alpha value is -1.07. The van der Waals surface area contributed by atoms with E-state index in [1.54, 1.807) is 0 Å². The van der Waals surface area contributed by atoms with Crippen molar-refractivity contribution in [3.8, 4) is 0 Å². The maximum Gasteiger partial charge on any atom is 0.239 e. The Morgan fingerprint density at radius 1 is 1.44 bits per heavy atom. The van der Waals surface area contributed by atoms with Crippen molar-refractivity contribution in [3.05, 3.63) is 28.2 Å². The Labute approximate surface area is 117 Å². The van der Waals surface area contributed by atoms with Crippen LogP contribution in [0.3, 0.4) is 0 Å². The molecule has 0 saturated heterocycles. The first kappa shape index (κ1) is 15.0. The van der Waals surface area contributed by atoms with Crippen molar-refractivity contribution in [2.24, 2.45) is 5.73 Å². The lowest BCUT2D eigenvalue weighted by atomic mass is 10.1. The molecule has 1 amide bonds. The van der Waals surface area contributed by atoms with Gasteiger partial charge in [0.15, 0.2) is 0 Å². The van der Waals surface area contributed by atoms with Gasteiger partial charge >= 0.3 is 0 Å². The normalized spacial score (nSPS) is 10.2. The number of anilines is 1. The number of carbonyl (C=O) groups is 1. The lowest BCUT2D eigenvalue weighted by molar-refractivity contribution is -0.119. The van der Waals surface area contributed by atoms with Crippen molar-refractivity contribution < 1.29 is 4.79 Å². The predicted molar refractivity (Wildman–Crippen MR) is 78.6 cm³/mol. The number of likely N-dealkylation sites (N-methyl/N-ethyl adjacent to an activating group) is 2. The maximum absolute atomic E-state index is 11.7. The number of nitrogens with zero attached hydrogens (tertiary/aromatic N) is 1. The fraction of sp³-hybridized carbons (Fsp3) is 0.462. The van der Waals surface area contributed by atoms with Crippen LogP contribution in [0.1, 0.15) is 19.4 Å². The van der Waals surface area contributed by atoms with E-state index in [1.165, 1.54) is 0 Å². The van der Waals surface area contributed by atoms with Crippen LogP contribution in [0.5, 0.6) is 0 Å². The number of hydrogen-bond acceptors (Lipinski definition) is 3. The van der Waals surface area contributed by atoms with Crippen molar-refractivity contribution in [2.45, 2.75) is 20.4 Å².